The molecule has 0 spiro atoms. The van der Waals surface area contributed by atoms with Crippen molar-refractivity contribution in [2.75, 3.05) is 26.2 Å². The van der Waals surface area contributed by atoms with E-state index < -0.39 is 79.9 Å². The second-order valence-electron chi connectivity index (χ2n) is 20.9. The number of carbonyl (C=O) groups excluding carboxylic acids is 4. The molecule has 1 aliphatic rings. The number of aliphatic carboxylic acids is 1. The molecule has 0 saturated carbocycles. The number of nitrogens with one attached hydrogen (secondary N) is 3. The van der Waals surface area contributed by atoms with E-state index >= 15 is 0 Å². The summed E-state index contributed by atoms with van der Waals surface area (Å²) in [5, 5.41) is 72.0. The summed E-state index contributed by atoms with van der Waals surface area (Å²) in [6.07, 6.45) is 24.0. The highest BCUT2D eigenvalue weighted by molar-refractivity contribution is 5.83. The number of ether oxygens (including phenoxy) is 2. The normalized spacial score (nSPS) is 19.7. The van der Waals surface area contributed by atoms with Crippen LogP contribution in [-0.4, -0.2) is 141 Å². The highest BCUT2D eigenvalue weighted by atomic mass is 16.7. The van der Waals surface area contributed by atoms with Crippen LogP contribution in [0.5, 0.6) is 0 Å². The lowest BCUT2D eigenvalue weighted by Crippen LogP contribution is -2.69. The van der Waals surface area contributed by atoms with Gasteiger partial charge in [-0.3, -0.25) is 29.3 Å². The van der Waals surface area contributed by atoms with Crippen LogP contribution in [0.2, 0.25) is 0 Å². The number of carbonyl (C=O) groups is 5. The minimum absolute atomic E-state index is 0.120. The minimum Gasteiger partial charge on any atom is -0.480 e. The lowest BCUT2D eigenvalue weighted by molar-refractivity contribution is -0.245. The first-order chi connectivity index (χ1) is 34.8. The average molecular weight is 1030 g/mol. The second kappa shape index (κ2) is 44.8. The molecule has 9 atom stereocenters. The lowest BCUT2D eigenvalue weighted by atomic mass is 9.93. The summed E-state index contributed by atoms with van der Waals surface area (Å²) in [4.78, 5) is 64.6. The Hall–Kier alpha value is -2.41. The summed E-state index contributed by atoms with van der Waals surface area (Å²) in [5.41, 5.74) is 0. The SMILES string of the molecule is CCCCCCCCCCC[C@@H](O)CC(=O)CN[C@H]1[C@H](O)[C@@H](CO)OC(OC(=O)CC[C@@H](NCC(=O)C[C@H](O)CCCCCCCCCCC)C(=O)O)[C@@H]1NCC(=O)C[C@H](O)CCCCCCCCCCC. The van der Waals surface area contributed by atoms with Crippen molar-refractivity contribution in [3.05, 3.63) is 0 Å². The fourth-order valence-corrected chi connectivity index (χ4v) is 9.52. The van der Waals surface area contributed by atoms with Gasteiger partial charge >= 0.3 is 11.9 Å². The second-order valence-corrected chi connectivity index (χ2v) is 20.9. The van der Waals surface area contributed by atoms with E-state index in [0.29, 0.717) is 19.3 Å². The Labute approximate surface area is 434 Å². The highest BCUT2D eigenvalue weighted by Crippen LogP contribution is 2.24. The molecule has 0 aromatic rings. The number of aliphatic hydroxyl groups is 5. The molecule has 9 N–H and O–H groups in total. The Balaban J connectivity index is 2.88. The third kappa shape index (κ3) is 35.0. The molecule has 1 fully saturated rings. The molecule has 1 aliphatic heterocycles. The maximum atomic E-state index is 13.4. The number of ketones is 3. The molecule has 72 heavy (non-hydrogen) atoms. The summed E-state index contributed by atoms with van der Waals surface area (Å²) in [6, 6.07) is -3.57. The van der Waals surface area contributed by atoms with E-state index in [-0.39, 0.29) is 62.7 Å². The quantitative estimate of drug-likeness (QED) is 0.0206. The van der Waals surface area contributed by atoms with Gasteiger partial charge in [-0.2, -0.15) is 0 Å². The average Bonchev–Trinajstić information content (AvgIpc) is 3.34. The fourth-order valence-electron chi connectivity index (χ4n) is 9.52. The third-order valence-electron chi connectivity index (χ3n) is 14.0. The number of carboxylic acid groups (broad SMARTS) is 1. The van der Waals surface area contributed by atoms with Gasteiger partial charge in [0.25, 0.3) is 0 Å². The van der Waals surface area contributed by atoms with Gasteiger partial charge in [0.05, 0.1) is 62.7 Å². The van der Waals surface area contributed by atoms with Crippen LogP contribution in [-0.2, 0) is 33.4 Å². The van der Waals surface area contributed by atoms with Gasteiger partial charge in [0, 0.05) is 25.7 Å². The molecule has 0 aromatic carbocycles. The first-order valence-corrected chi connectivity index (χ1v) is 28.9. The number of esters is 1. The van der Waals surface area contributed by atoms with Gasteiger partial charge in [-0.15, -0.1) is 0 Å². The molecule has 16 heteroatoms. The van der Waals surface area contributed by atoms with Crippen molar-refractivity contribution < 1.29 is 64.1 Å². The summed E-state index contributed by atoms with van der Waals surface area (Å²) in [7, 11) is 0. The molecule has 0 bridgehead atoms. The van der Waals surface area contributed by atoms with Crippen molar-refractivity contribution in [3.8, 4) is 0 Å². The Morgan fingerprint density at radius 1 is 0.500 bits per heavy atom. The monoisotopic (exact) mass is 1030 g/mol. The van der Waals surface area contributed by atoms with Gasteiger partial charge in [0.1, 0.15) is 29.5 Å². The predicted octanol–water partition coefficient (Wildman–Crippen LogP) is 8.07. The van der Waals surface area contributed by atoms with Crippen molar-refractivity contribution in [1.29, 1.82) is 0 Å². The predicted molar refractivity (Wildman–Crippen MR) is 283 cm³/mol. The van der Waals surface area contributed by atoms with Crippen LogP contribution in [0.3, 0.4) is 0 Å². The molecule has 1 rings (SSSR count). The van der Waals surface area contributed by atoms with Crippen molar-refractivity contribution in [2.24, 2.45) is 0 Å². The molecule has 0 aromatic heterocycles. The topological polar surface area (TPSA) is 261 Å². The zero-order valence-electron chi connectivity index (χ0n) is 45.3. The van der Waals surface area contributed by atoms with E-state index in [1.807, 2.05) is 0 Å². The number of aliphatic hydroxyl groups excluding tert-OH is 5. The lowest BCUT2D eigenvalue weighted by Gasteiger charge is -2.44. The van der Waals surface area contributed by atoms with Gasteiger partial charge in [-0.05, 0) is 25.7 Å². The van der Waals surface area contributed by atoms with E-state index in [2.05, 4.69) is 36.7 Å². The van der Waals surface area contributed by atoms with Crippen molar-refractivity contribution >= 4 is 29.3 Å². The van der Waals surface area contributed by atoms with Crippen LogP contribution in [0, 0.1) is 0 Å². The number of Topliss-reactive ketones (excluding diaryl/α,β-unsaturated/α-hetero) is 3. The fraction of sp³-hybridized carbons (Fsp3) is 0.911. The van der Waals surface area contributed by atoms with Crippen molar-refractivity contribution in [2.45, 2.75) is 300 Å². The van der Waals surface area contributed by atoms with Crippen LogP contribution in [0.15, 0.2) is 0 Å². The van der Waals surface area contributed by atoms with E-state index in [1.165, 1.54) is 96.3 Å². The van der Waals surface area contributed by atoms with Gasteiger partial charge in [-0.1, -0.05) is 194 Å². The maximum Gasteiger partial charge on any atom is 0.320 e. The van der Waals surface area contributed by atoms with Crippen molar-refractivity contribution in [1.82, 2.24) is 16.0 Å². The smallest absolute Gasteiger partial charge is 0.320 e. The largest absolute Gasteiger partial charge is 0.480 e. The van der Waals surface area contributed by atoms with Gasteiger partial charge in [-0.25, -0.2) is 0 Å². The molecule has 0 aliphatic carbocycles. The Bertz CT molecular complexity index is 1390. The van der Waals surface area contributed by atoms with E-state index in [0.717, 1.165) is 77.0 Å². The van der Waals surface area contributed by atoms with Gasteiger partial charge in [0.15, 0.2) is 0 Å². The standard InChI is InChI=1S/C56H105N3O13/c1-4-7-10-13-16-19-22-25-28-31-43(61)36-46(64)39-57-49(55(69)70)34-35-51(67)72-56-53(59-41-48(66)38-45(63)33-30-27-24-21-18-15-12-9-6-3)52(54(68)50(42-60)71-56)58-40-47(65)37-44(62)32-29-26-23-20-17-14-11-8-5-2/h43-45,49-50,52-54,56-63,68H,4-42H2,1-3H3,(H,69,70)/t43-,44-,45-,49-,50-,52-,53-,54-,56?/m1/s1. The molecule has 1 unspecified atom stereocenters. The molecular weight excluding hydrogens is 923 g/mol. The van der Waals surface area contributed by atoms with Gasteiger partial charge in [0.2, 0.25) is 6.29 Å². The van der Waals surface area contributed by atoms with Crippen LogP contribution in [0.25, 0.3) is 0 Å². The zero-order chi connectivity index (χ0) is 53.2. The molecular formula is C56H105N3O13. The Morgan fingerprint density at radius 2 is 0.847 bits per heavy atom. The number of carboxylic acids is 1. The van der Waals surface area contributed by atoms with E-state index in [1.54, 1.807) is 0 Å². The summed E-state index contributed by atoms with van der Waals surface area (Å²) < 4.78 is 11.6. The summed E-state index contributed by atoms with van der Waals surface area (Å²) in [6.45, 7) is 4.96. The van der Waals surface area contributed by atoms with Crippen LogP contribution in [0.1, 0.15) is 245 Å². The maximum absolute atomic E-state index is 13.4. The summed E-state index contributed by atoms with van der Waals surface area (Å²) in [5.74, 6) is -3.24. The molecule has 16 nitrogen and oxygen atoms in total. The van der Waals surface area contributed by atoms with E-state index in [9.17, 15) is 54.6 Å². The number of rotatable bonds is 51. The zero-order valence-corrected chi connectivity index (χ0v) is 45.3. The molecule has 422 valence electrons. The van der Waals surface area contributed by atoms with E-state index in [4.69, 9.17) is 9.47 Å². The Morgan fingerprint density at radius 3 is 1.21 bits per heavy atom. The molecule has 0 radical (unpaired) electrons. The summed E-state index contributed by atoms with van der Waals surface area (Å²) >= 11 is 0. The third-order valence-corrected chi connectivity index (χ3v) is 14.0. The molecule has 1 saturated heterocycles. The van der Waals surface area contributed by atoms with Crippen LogP contribution < -0.4 is 16.0 Å². The van der Waals surface area contributed by atoms with Crippen LogP contribution in [0.4, 0.5) is 0 Å². The Kier molecular flexibility index (Phi) is 42.1. The highest BCUT2D eigenvalue weighted by Gasteiger charge is 2.47. The first kappa shape index (κ1) is 67.6. The van der Waals surface area contributed by atoms with Gasteiger partial charge < -0.3 is 50.7 Å². The molecule has 1 heterocycles. The number of hydrogen-bond donors (Lipinski definition) is 9. The molecule has 0 amide bonds. The number of hydrogen-bond acceptors (Lipinski definition) is 15. The van der Waals surface area contributed by atoms with Crippen LogP contribution >= 0.6 is 0 Å². The van der Waals surface area contributed by atoms with Crippen molar-refractivity contribution in [3.63, 3.8) is 0 Å². The minimum atomic E-state index is -1.52. The number of unbranched alkanes of at least 4 members (excludes halogenated alkanes) is 24. The first-order valence-electron chi connectivity index (χ1n) is 28.9.